The summed E-state index contributed by atoms with van der Waals surface area (Å²) >= 11 is 0. The second kappa shape index (κ2) is 8.79. The van der Waals surface area contributed by atoms with Crippen LogP contribution < -0.4 is 19.9 Å². The van der Waals surface area contributed by atoms with E-state index in [1.807, 2.05) is 0 Å². The highest BCUT2D eigenvalue weighted by molar-refractivity contribution is 7.87. The number of benzene rings is 1. The molecule has 126 valence electrons. The van der Waals surface area contributed by atoms with Gasteiger partial charge in [-0.1, -0.05) is 0 Å². The zero-order valence-electron chi connectivity index (χ0n) is 13.0. The van der Waals surface area contributed by atoms with Crippen molar-refractivity contribution in [2.75, 3.05) is 53.3 Å². The number of hydrogen-bond acceptors (Lipinski definition) is 6. The minimum atomic E-state index is -3.40. The molecule has 0 saturated heterocycles. The molecule has 22 heavy (non-hydrogen) atoms. The molecule has 0 bridgehead atoms. The number of rotatable bonds is 10. The van der Waals surface area contributed by atoms with Gasteiger partial charge in [-0.25, -0.2) is 0 Å². The van der Waals surface area contributed by atoms with Gasteiger partial charge < -0.3 is 19.9 Å². The van der Waals surface area contributed by atoms with E-state index in [4.69, 9.17) is 19.9 Å². The molecule has 3 N–H and O–H groups in total. The highest BCUT2D eigenvalue weighted by Gasteiger charge is 2.11. The van der Waals surface area contributed by atoms with Gasteiger partial charge in [-0.2, -0.15) is 17.4 Å². The number of nitrogens with two attached hydrogens (primary N) is 1. The molecule has 0 saturated carbocycles. The van der Waals surface area contributed by atoms with Crippen molar-refractivity contribution in [2.24, 2.45) is 0 Å². The summed E-state index contributed by atoms with van der Waals surface area (Å²) in [5.74, 6) is 1.13. The van der Waals surface area contributed by atoms with E-state index >= 15 is 0 Å². The van der Waals surface area contributed by atoms with E-state index in [9.17, 15) is 8.42 Å². The summed E-state index contributed by atoms with van der Waals surface area (Å²) in [5.41, 5.74) is 6.24. The van der Waals surface area contributed by atoms with E-state index in [1.165, 1.54) is 21.2 Å². The molecule has 0 aliphatic carbocycles. The number of methoxy groups -OCH3 is 1. The second-order valence-electron chi connectivity index (χ2n) is 4.55. The van der Waals surface area contributed by atoms with Crippen molar-refractivity contribution in [3.63, 3.8) is 0 Å². The van der Waals surface area contributed by atoms with Gasteiger partial charge in [0.2, 0.25) is 0 Å². The van der Waals surface area contributed by atoms with Crippen molar-refractivity contribution in [3.8, 4) is 11.5 Å². The average Bonchev–Trinajstić information content (AvgIpc) is 2.47. The quantitative estimate of drug-likeness (QED) is 0.464. The van der Waals surface area contributed by atoms with Crippen LogP contribution in [0.3, 0.4) is 0 Å². The summed E-state index contributed by atoms with van der Waals surface area (Å²) in [5, 5.41) is 0. The van der Waals surface area contributed by atoms with Crippen LogP contribution in [0.25, 0.3) is 0 Å². The molecule has 0 fully saturated rings. The van der Waals surface area contributed by atoms with E-state index in [0.29, 0.717) is 30.4 Å². The molecule has 1 rings (SSSR count). The Morgan fingerprint density at radius 2 is 1.91 bits per heavy atom. The Balaban J connectivity index is 2.21. The van der Waals surface area contributed by atoms with Gasteiger partial charge in [-0.15, -0.1) is 0 Å². The minimum absolute atomic E-state index is 0.200. The number of ether oxygens (including phenoxy) is 3. The molecule has 0 unspecified atom stereocenters. The highest BCUT2D eigenvalue weighted by Crippen LogP contribution is 2.28. The Labute approximate surface area is 131 Å². The monoisotopic (exact) mass is 333 g/mol. The Bertz CT molecular complexity index is 563. The summed E-state index contributed by atoms with van der Waals surface area (Å²) in [7, 11) is 1.04. The van der Waals surface area contributed by atoms with Gasteiger partial charge in [0.25, 0.3) is 10.2 Å². The lowest BCUT2D eigenvalue weighted by atomic mass is 10.3. The third-order valence-corrected chi connectivity index (χ3v) is 4.21. The average molecular weight is 333 g/mol. The van der Waals surface area contributed by atoms with Crippen LogP contribution in [0.2, 0.25) is 0 Å². The molecule has 0 aliphatic heterocycles. The van der Waals surface area contributed by atoms with Crippen LogP contribution in [-0.4, -0.2) is 60.3 Å². The topological polar surface area (TPSA) is 103 Å². The highest BCUT2D eigenvalue weighted by atomic mass is 32.2. The van der Waals surface area contributed by atoms with Crippen LogP contribution in [-0.2, 0) is 14.9 Å². The zero-order chi connectivity index (χ0) is 16.6. The normalized spacial score (nSPS) is 11.6. The van der Waals surface area contributed by atoms with Crippen molar-refractivity contribution in [1.82, 2.24) is 9.03 Å². The van der Waals surface area contributed by atoms with Crippen molar-refractivity contribution >= 4 is 15.9 Å². The number of nitrogen functional groups attached to an aromatic ring is 1. The summed E-state index contributed by atoms with van der Waals surface area (Å²) < 4.78 is 42.3. The van der Waals surface area contributed by atoms with Gasteiger partial charge in [0.05, 0.1) is 20.3 Å². The molecule has 0 spiro atoms. The molecule has 8 nitrogen and oxygen atoms in total. The largest absolute Gasteiger partial charge is 0.493 e. The predicted octanol–water partition coefficient (Wildman–Crippen LogP) is 0.0688. The van der Waals surface area contributed by atoms with E-state index < -0.39 is 10.2 Å². The maximum atomic E-state index is 11.4. The van der Waals surface area contributed by atoms with Crippen molar-refractivity contribution in [3.05, 3.63) is 18.2 Å². The Hall–Kier alpha value is -1.55. The zero-order valence-corrected chi connectivity index (χ0v) is 13.9. The maximum absolute atomic E-state index is 11.4. The van der Waals surface area contributed by atoms with Gasteiger partial charge in [0.1, 0.15) is 6.61 Å². The third kappa shape index (κ3) is 6.06. The minimum Gasteiger partial charge on any atom is -0.493 e. The molecule has 9 heteroatoms. The third-order valence-electron chi connectivity index (χ3n) is 2.68. The van der Waals surface area contributed by atoms with E-state index in [2.05, 4.69) is 4.72 Å². The van der Waals surface area contributed by atoms with Crippen LogP contribution in [0.4, 0.5) is 5.69 Å². The van der Waals surface area contributed by atoms with E-state index in [1.54, 1.807) is 18.2 Å². The van der Waals surface area contributed by atoms with Gasteiger partial charge in [-0.3, -0.25) is 0 Å². The van der Waals surface area contributed by atoms with Crippen LogP contribution in [0, 0.1) is 0 Å². The van der Waals surface area contributed by atoms with Gasteiger partial charge in [0, 0.05) is 32.4 Å². The Morgan fingerprint density at radius 3 is 2.55 bits per heavy atom. The van der Waals surface area contributed by atoms with E-state index in [-0.39, 0.29) is 13.2 Å². The van der Waals surface area contributed by atoms with Gasteiger partial charge in [0.15, 0.2) is 11.5 Å². The first-order valence-corrected chi connectivity index (χ1v) is 8.12. The summed E-state index contributed by atoms with van der Waals surface area (Å²) in [6, 6.07) is 5.11. The van der Waals surface area contributed by atoms with Crippen molar-refractivity contribution in [1.29, 1.82) is 0 Å². The fourth-order valence-electron chi connectivity index (χ4n) is 1.49. The second-order valence-corrected chi connectivity index (χ2v) is 6.52. The fraction of sp³-hybridized carbons (Fsp3) is 0.538. The molecule has 0 aliphatic rings. The summed E-state index contributed by atoms with van der Waals surface area (Å²) in [4.78, 5) is 0. The SMILES string of the molecule is COc1cc(N)ccc1OCCOCCNS(=O)(=O)N(C)C. The lowest BCUT2D eigenvalue weighted by Gasteiger charge is -2.13. The number of nitrogens with one attached hydrogen (secondary N) is 1. The van der Waals surface area contributed by atoms with Crippen molar-refractivity contribution < 1.29 is 22.6 Å². The van der Waals surface area contributed by atoms with Crippen LogP contribution in [0.5, 0.6) is 11.5 Å². The fourth-order valence-corrected chi connectivity index (χ4v) is 2.09. The molecule has 0 atom stereocenters. The van der Waals surface area contributed by atoms with Crippen LogP contribution >= 0.6 is 0 Å². The molecule has 0 heterocycles. The van der Waals surface area contributed by atoms with Gasteiger partial charge >= 0.3 is 0 Å². The maximum Gasteiger partial charge on any atom is 0.279 e. The van der Waals surface area contributed by atoms with Gasteiger partial charge in [-0.05, 0) is 12.1 Å². The van der Waals surface area contributed by atoms with Crippen LogP contribution in [0.1, 0.15) is 0 Å². The lowest BCUT2D eigenvalue weighted by molar-refractivity contribution is 0.103. The standard InChI is InChI=1S/C13H23N3O5S/c1-16(2)22(17,18)15-6-7-20-8-9-21-12-5-4-11(14)10-13(12)19-3/h4-5,10,15H,6-9,14H2,1-3H3. The molecule has 1 aromatic rings. The number of anilines is 1. The Morgan fingerprint density at radius 1 is 1.18 bits per heavy atom. The first kappa shape index (κ1) is 18.5. The summed E-state index contributed by atoms with van der Waals surface area (Å²) in [6.45, 7) is 1.11. The Kier molecular flexibility index (Phi) is 7.39. The summed E-state index contributed by atoms with van der Waals surface area (Å²) in [6.07, 6.45) is 0. The molecule has 0 radical (unpaired) electrons. The number of hydrogen-bond donors (Lipinski definition) is 2. The molecular formula is C13H23N3O5S. The van der Waals surface area contributed by atoms with E-state index in [0.717, 1.165) is 4.31 Å². The van der Waals surface area contributed by atoms with Crippen molar-refractivity contribution in [2.45, 2.75) is 0 Å². The lowest BCUT2D eigenvalue weighted by Crippen LogP contribution is -2.37. The first-order valence-electron chi connectivity index (χ1n) is 6.68. The molecule has 0 aromatic heterocycles. The molecular weight excluding hydrogens is 310 g/mol. The first-order chi connectivity index (χ1) is 10.4. The molecule has 0 amide bonds. The number of nitrogens with zero attached hydrogens (tertiary/aromatic N) is 1. The van der Waals surface area contributed by atoms with Crippen LogP contribution in [0.15, 0.2) is 18.2 Å². The predicted molar refractivity (Wildman–Crippen MR) is 84.3 cm³/mol. The smallest absolute Gasteiger partial charge is 0.279 e. The molecule has 1 aromatic carbocycles.